The molecular formula is C16H16Cl2N2O. The molecule has 1 heterocycles. The molecule has 0 aliphatic carbocycles. The highest BCUT2D eigenvalue weighted by Gasteiger charge is 2.10. The van der Waals surface area contributed by atoms with Gasteiger partial charge in [-0.2, -0.15) is 0 Å². The van der Waals surface area contributed by atoms with Gasteiger partial charge in [0.15, 0.2) is 0 Å². The normalized spacial score (nSPS) is 10.4. The largest absolute Gasteiger partial charge is 0.341 e. The number of nitrogens with zero attached hydrogens (tertiary/aromatic N) is 2. The summed E-state index contributed by atoms with van der Waals surface area (Å²) in [5, 5.41) is 1.02. The van der Waals surface area contributed by atoms with E-state index in [0.29, 0.717) is 29.4 Å². The van der Waals surface area contributed by atoms with Crippen molar-refractivity contribution in [1.82, 2.24) is 9.88 Å². The summed E-state index contributed by atoms with van der Waals surface area (Å²) in [6.07, 6.45) is 4.66. The summed E-state index contributed by atoms with van der Waals surface area (Å²) in [4.78, 5) is 17.9. The van der Waals surface area contributed by atoms with E-state index in [-0.39, 0.29) is 5.91 Å². The van der Waals surface area contributed by atoms with E-state index in [0.717, 1.165) is 11.1 Å². The van der Waals surface area contributed by atoms with Crippen molar-refractivity contribution >= 4 is 29.1 Å². The second-order valence-electron chi connectivity index (χ2n) is 4.86. The molecule has 0 aliphatic heterocycles. The highest BCUT2D eigenvalue weighted by molar-refractivity contribution is 6.42. The predicted octanol–water partition coefficient (Wildman–Crippen LogP) is 3.98. The summed E-state index contributed by atoms with van der Waals surface area (Å²) in [6.45, 7) is 0.517. The zero-order valence-corrected chi connectivity index (χ0v) is 13.2. The lowest BCUT2D eigenvalue weighted by Gasteiger charge is -2.17. The van der Waals surface area contributed by atoms with E-state index >= 15 is 0 Å². The number of halogens is 2. The van der Waals surface area contributed by atoms with Crippen molar-refractivity contribution in [3.8, 4) is 0 Å². The molecule has 0 saturated carbocycles. The van der Waals surface area contributed by atoms with Crippen LogP contribution in [0.5, 0.6) is 0 Å². The molecule has 5 heteroatoms. The minimum Gasteiger partial charge on any atom is -0.341 e. The topological polar surface area (TPSA) is 33.2 Å². The number of amides is 1. The first-order chi connectivity index (χ1) is 10.1. The van der Waals surface area contributed by atoms with Crippen LogP contribution in [0.1, 0.15) is 17.5 Å². The fraction of sp³-hybridized carbons (Fsp3) is 0.250. The SMILES string of the molecule is CN(Cc1ccc(Cl)c(Cl)c1)C(=O)CCc1cccnc1. The van der Waals surface area contributed by atoms with Crippen LogP contribution in [0, 0.1) is 0 Å². The summed E-state index contributed by atoms with van der Waals surface area (Å²) in [5.74, 6) is 0.0879. The molecule has 0 atom stereocenters. The second-order valence-corrected chi connectivity index (χ2v) is 5.67. The average molecular weight is 323 g/mol. The van der Waals surface area contributed by atoms with Crippen LogP contribution in [-0.4, -0.2) is 22.8 Å². The minimum absolute atomic E-state index is 0.0879. The Hall–Kier alpha value is -1.58. The number of carbonyl (C=O) groups excluding carboxylic acids is 1. The number of carbonyl (C=O) groups is 1. The number of hydrogen-bond donors (Lipinski definition) is 0. The smallest absolute Gasteiger partial charge is 0.222 e. The Morgan fingerprint density at radius 2 is 2.00 bits per heavy atom. The van der Waals surface area contributed by atoms with E-state index in [1.54, 1.807) is 36.5 Å². The first kappa shape index (κ1) is 15.8. The summed E-state index contributed by atoms with van der Waals surface area (Å²) in [7, 11) is 1.79. The molecule has 0 unspecified atom stereocenters. The molecule has 3 nitrogen and oxygen atoms in total. The van der Waals surface area contributed by atoms with Gasteiger partial charge < -0.3 is 4.90 Å². The van der Waals surface area contributed by atoms with Gasteiger partial charge in [0.05, 0.1) is 10.0 Å². The lowest BCUT2D eigenvalue weighted by atomic mass is 10.1. The van der Waals surface area contributed by atoms with Gasteiger partial charge in [0.25, 0.3) is 0 Å². The Morgan fingerprint density at radius 3 is 2.67 bits per heavy atom. The first-order valence-corrected chi connectivity index (χ1v) is 7.38. The van der Waals surface area contributed by atoms with Crippen molar-refractivity contribution in [1.29, 1.82) is 0 Å². The van der Waals surface area contributed by atoms with E-state index in [9.17, 15) is 4.79 Å². The van der Waals surface area contributed by atoms with Crippen LogP contribution in [0.2, 0.25) is 10.0 Å². The van der Waals surface area contributed by atoms with Gasteiger partial charge in [-0.25, -0.2) is 0 Å². The fourth-order valence-electron chi connectivity index (χ4n) is 1.99. The minimum atomic E-state index is 0.0879. The highest BCUT2D eigenvalue weighted by Crippen LogP contribution is 2.23. The average Bonchev–Trinajstić information content (AvgIpc) is 2.49. The van der Waals surface area contributed by atoms with E-state index in [1.165, 1.54) is 0 Å². The zero-order chi connectivity index (χ0) is 15.2. The molecule has 1 amide bonds. The number of rotatable bonds is 5. The zero-order valence-electron chi connectivity index (χ0n) is 11.7. The summed E-state index contributed by atoms with van der Waals surface area (Å²) in [6, 6.07) is 9.25. The third-order valence-electron chi connectivity index (χ3n) is 3.18. The third-order valence-corrected chi connectivity index (χ3v) is 3.92. The van der Waals surface area contributed by atoms with E-state index < -0.39 is 0 Å². The molecule has 0 saturated heterocycles. The lowest BCUT2D eigenvalue weighted by molar-refractivity contribution is -0.130. The van der Waals surface area contributed by atoms with Gasteiger partial charge in [-0.05, 0) is 35.7 Å². The molecule has 110 valence electrons. The van der Waals surface area contributed by atoms with Crippen LogP contribution in [0.25, 0.3) is 0 Å². The number of aryl methyl sites for hydroxylation is 1. The summed E-state index contributed by atoms with van der Waals surface area (Å²) < 4.78 is 0. The van der Waals surface area contributed by atoms with Crippen molar-refractivity contribution in [2.45, 2.75) is 19.4 Å². The van der Waals surface area contributed by atoms with Crippen LogP contribution in [0.4, 0.5) is 0 Å². The Kier molecular flexibility index (Phi) is 5.59. The molecule has 0 aliphatic rings. The third kappa shape index (κ3) is 4.73. The number of hydrogen-bond acceptors (Lipinski definition) is 2. The molecule has 0 radical (unpaired) electrons. The molecule has 0 spiro atoms. The maximum Gasteiger partial charge on any atom is 0.222 e. The maximum absolute atomic E-state index is 12.1. The molecule has 1 aromatic heterocycles. The molecule has 2 rings (SSSR count). The fourth-order valence-corrected chi connectivity index (χ4v) is 2.31. The number of benzene rings is 1. The molecule has 1 aromatic carbocycles. The van der Waals surface area contributed by atoms with Crippen molar-refractivity contribution in [2.24, 2.45) is 0 Å². The van der Waals surface area contributed by atoms with E-state index in [4.69, 9.17) is 23.2 Å². The monoisotopic (exact) mass is 322 g/mol. The van der Waals surface area contributed by atoms with E-state index in [2.05, 4.69) is 4.98 Å². The quantitative estimate of drug-likeness (QED) is 0.834. The van der Waals surface area contributed by atoms with Crippen LogP contribution in [0.3, 0.4) is 0 Å². The van der Waals surface area contributed by atoms with Crippen LogP contribution in [0.15, 0.2) is 42.7 Å². The van der Waals surface area contributed by atoms with Crippen LogP contribution < -0.4 is 0 Å². The molecule has 21 heavy (non-hydrogen) atoms. The van der Waals surface area contributed by atoms with Crippen molar-refractivity contribution in [2.75, 3.05) is 7.05 Å². The van der Waals surface area contributed by atoms with Gasteiger partial charge in [0.1, 0.15) is 0 Å². The Bertz CT molecular complexity index is 617. The van der Waals surface area contributed by atoms with Gasteiger partial charge in [0.2, 0.25) is 5.91 Å². The number of pyridine rings is 1. The van der Waals surface area contributed by atoms with Crippen molar-refractivity contribution < 1.29 is 4.79 Å². The molecule has 0 N–H and O–H groups in total. The molecule has 0 bridgehead atoms. The first-order valence-electron chi connectivity index (χ1n) is 6.63. The summed E-state index contributed by atoms with van der Waals surface area (Å²) >= 11 is 11.9. The summed E-state index contributed by atoms with van der Waals surface area (Å²) in [5.41, 5.74) is 2.02. The lowest BCUT2D eigenvalue weighted by Crippen LogP contribution is -2.26. The Morgan fingerprint density at radius 1 is 1.19 bits per heavy atom. The van der Waals surface area contributed by atoms with Gasteiger partial charge in [-0.1, -0.05) is 35.3 Å². The molecule has 2 aromatic rings. The second kappa shape index (κ2) is 7.43. The van der Waals surface area contributed by atoms with Gasteiger partial charge in [-0.3, -0.25) is 9.78 Å². The maximum atomic E-state index is 12.1. The Labute approximate surface area is 134 Å². The Balaban J connectivity index is 1.88. The highest BCUT2D eigenvalue weighted by atomic mass is 35.5. The van der Waals surface area contributed by atoms with Gasteiger partial charge in [0, 0.05) is 32.4 Å². The predicted molar refractivity (Wildman–Crippen MR) is 85.5 cm³/mol. The van der Waals surface area contributed by atoms with Crippen molar-refractivity contribution in [3.63, 3.8) is 0 Å². The van der Waals surface area contributed by atoms with Crippen LogP contribution in [-0.2, 0) is 17.8 Å². The number of aromatic nitrogens is 1. The van der Waals surface area contributed by atoms with E-state index in [1.807, 2.05) is 18.2 Å². The van der Waals surface area contributed by atoms with Gasteiger partial charge >= 0.3 is 0 Å². The van der Waals surface area contributed by atoms with Gasteiger partial charge in [-0.15, -0.1) is 0 Å². The molecular weight excluding hydrogens is 307 g/mol. The van der Waals surface area contributed by atoms with Crippen molar-refractivity contribution in [3.05, 3.63) is 63.9 Å². The molecule has 0 fully saturated rings. The standard InChI is InChI=1S/C16H16Cl2N2O/c1-20(11-13-4-6-14(17)15(18)9-13)16(21)7-5-12-3-2-8-19-10-12/h2-4,6,8-10H,5,7,11H2,1H3. The van der Waals surface area contributed by atoms with Crippen LogP contribution >= 0.6 is 23.2 Å².